The van der Waals surface area contributed by atoms with Crippen LogP contribution in [0.2, 0.25) is 0 Å². The monoisotopic (exact) mass is 350 g/mol. The molecule has 1 atom stereocenters. The second kappa shape index (κ2) is 7.52. The third kappa shape index (κ3) is 4.38. The molecule has 128 valence electrons. The summed E-state index contributed by atoms with van der Waals surface area (Å²) in [5, 5.41) is 10.7. The van der Waals surface area contributed by atoms with E-state index in [0.29, 0.717) is 5.56 Å². The van der Waals surface area contributed by atoms with E-state index in [0.717, 1.165) is 5.56 Å². The number of hydrogen-bond acceptors (Lipinski definition) is 5. The Kier molecular flexibility index (Phi) is 5.66. The molecule has 0 fully saturated rings. The summed E-state index contributed by atoms with van der Waals surface area (Å²) < 4.78 is 32.4. The third-order valence-electron chi connectivity index (χ3n) is 3.55. The number of nitrogens with one attached hydrogen (secondary N) is 1. The molecule has 2 aromatic rings. The summed E-state index contributed by atoms with van der Waals surface area (Å²) in [6.07, 6.45) is -0.550. The van der Waals surface area contributed by atoms with E-state index in [9.17, 15) is 18.5 Å². The van der Waals surface area contributed by atoms with E-state index in [-0.39, 0.29) is 17.1 Å². The lowest BCUT2D eigenvalue weighted by molar-refractivity contribution is -0.384. The number of nitro benzene ring substituents is 1. The smallest absolute Gasteiger partial charge is 0.269 e. The molecule has 2 rings (SSSR count). The van der Waals surface area contributed by atoms with Crippen LogP contribution in [0.4, 0.5) is 5.69 Å². The van der Waals surface area contributed by atoms with E-state index in [1.54, 1.807) is 24.3 Å². The average Bonchev–Trinajstić information content (AvgIpc) is 2.56. The second-order valence-corrected chi connectivity index (χ2v) is 7.00. The molecule has 1 unspecified atom stereocenters. The zero-order valence-corrected chi connectivity index (χ0v) is 14.1. The van der Waals surface area contributed by atoms with Gasteiger partial charge in [-0.25, -0.2) is 13.1 Å². The summed E-state index contributed by atoms with van der Waals surface area (Å²) in [5.74, 6) is 0. The summed E-state index contributed by atoms with van der Waals surface area (Å²) in [5.41, 5.74) is 1.58. The highest BCUT2D eigenvalue weighted by molar-refractivity contribution is 7.89. The first-order valence-corrected chi connectivity index (χ1v) is 8.65. The van der Waals surface area contributed by atoms with E-state index in [4.69, 9.17) is 4.74 Å². The molecule has 0 amide bonds. The van der Waals surface area contributed by atoms with Gasteiger partial charge >= 0.3 is 0 Å². The molecule has 24 heavy (non-hydrogen) atoms. The third-order valence-corrected chi connectivity index (χ3v) is 4.99. The predicted octanol–water partition coefficient (Wildman–Crippen LogP) is 2.57. The molecule has 2 aromatic carbocycles. The lowest BCUT2D eigenvalue weighted by Crippen LogP contribution is -2.29. The molecule has 0 radical (unpaired) electrons. The van der Waals surface area contributed by atoms with Gasteiger partial charge in [-0.2, -0.15) is 0 Å². The number of aryl methyl sites for hydroxylation is 1. The van der Waals surface area contributed by atoms with Crippen molar-refractivity contribution >= 4 is 15.7 Å². The first-order chi connectivity index (χ1) is 11.3. The van der Waals surface area contributed by atoms with Crippen LogP contribution in [0.1, 0.15) is 17.2 Å². The molecule has 0 saturated carbocycles. The normalized spacial score (nSPS) is 12.8. The number of non-ortho nitro benzene ring substituents is 1. The van der Waals surface area contributed by atoms with Crippen LogP contribution < -0.4 is 4.72 Å². The second-order valence-electron chi connectivity index (χ2n) is 5.24. The minimum absolute atomic E-state index is 0.0184. The van der Waals surface area contributed by atoms with E-state index < -0.39 is 21.1 Å². The van der Waals surface area contributed by atoms with Crippen molar-refractivity contribution in [1.29, 1.82) is 0 Å². The van der Waals surface area contributed by atoms with Gasteiger partial charge in [0.1, 0.15) is 0 Å². The average molecular weight is 350 g/mol. The number of rotatable bonds is 7. The van der Waals surface area contributed by atoms with Crippen molar-refractivity contribution in [2.45, 2.75) is 17.9 Å². The minimum Gasteiger partial charge on any atom is -0.375 e. The van der Waals surface area contributed by atoms with Gasteiger partial charge in [-0.15, -0.1) is 0 Å². The molecular formula is C16H18N2O5S. The molecule has 0 saturated heterocycles. The lowest BCUT2D eigenvalue weighted by atomic mass is 10.1. The summed E-state index contributed by atoms with van der Waals surface area (Å²) in [7, 11) is -2.20. The Balaban J connectivity index is 2.10. The number of nitro groups is 1. The Morgan fingerprint density at radius 2 is 1.71 bits per heavy atom. The van der Waals surface area contributed by atoms with Gasteiger partial charge < -0.3 is 4.74 Å². The van der Waals surface area contributed by atoms with Crippen LogP contribution in [0, 0.1) is 17.0 Å². The van der Waals surface area contributed by atoms with Gasteiger partial charge in [0.15, 0.2) is 0 Å². The molecule has 0 aliphatic heterocycles. The number of benzene rings is 2. The van der Waals surface area contributed by atoms with Crippen LogP contribution in [-0.2, 0) is 14.8 Å². The maximum Gasteiger partial charge on any atom is 0.269 e. The SMILES string of the molecule is COC(CNS(=O)(=O)c1ccc(C)cc1)c1ccc([N+](=O)[O-])cc1. The fourth-order valence-electron chi connectivity index (χ4n) is 2.13. The fraction of sp³-hybridized carbons (Fsp3) is 0.250. The molecule has 0 spiro atoms. The quantitative estimate of drug-likeness (QED) is 0.611. The lowest BCUT2D eigenvalue weighted by Gasteiger charge is -2.16. The topological polar surface area (TPSA) is 98.5 Å². The number of hydrogen-bond donors (Lipinski definition) is 1. The molecule has 1 N–H and O–H groups in total. The highest BCUT2D eigenvalue weighted by Crippen LogP contribution is 2.20. The highest BCUT2D eigenvalue weighted by Gasteiger charge is 2.18. The first-order valence-electron chi connectivity index (χ1n) is 7.17. The summed E-state index contributed by atoms with van der Waals surface area (Å²) >= 11 is 0. The Morgan fingerprint density at radius 3 is 2.21 bits per heavy atom. The van der Waals surface area contributed by atoms with Crippen molar-refractivity contribution in [1.82, 2.24) is 4.72 Å². The van der Waals surface area contributed by atoms with E-state index in [1.807, 2.05) is 6.92 Å². The van der Waals surface area contributed by atoms with Crippen LogP contribution in [0.3, 0.4) is 0 Å². The van der Waals surface area contributed by atoms with E-state index in [2.05, 4.69) is 4.72 Å². The van der Waals surface area contributed by atoms with Gasteiger partial charge in [-0.3, -0.25) is 10.1 Å². The van der Waals surface area contributed by atoms with Crippen LogP contribution in [-0.4, -0.2) is 27.0 Å². The summed E-state index contributed by atoms with van der Waals surface area (Å²) in [6.45, 7) is 1.89. The Morgan fingerprint density at radius 1 is 1.12 bits per heavy atom. The maximum atomic E-state index is 12.3. The fourth-order valence-corrected chi connectivity index (χ4v) is 3.17. The Labute approximate surface area is 140 Å². The standard InChI is InChI=1S/C16H18N2O5S/c1-12-3-9-15(10-4-12)24(21,22)17-11-16(23-2)13-5-7-14(8-6-13)18(19)20/h3-10,16-17H,11H2,1-2H3. The van der Waals surface area contributed by atoms with Crippen molar-refractivity contribution in [3.8, 4) is 0 Å². The van der Waals surface area contributed by atoms with Gasteiger partial charge in [0.05, 0.1) is 15.9 Å². The minimum atomic E-state index is -3.65. The zero-order valence-electron chi connectivity index (χ0n) is 13.3. The molecular weight excluding hydrogens is 332 g/mol. The maximum absolute atomic E-state index is 12.3. The van der Waals surface area contributed by atoms with Crippen molar-refractivity contribution in [2.24, 2.45) is 0 Å². The van der Waals surface area contributed by atoms with Gasteiger partial charge in [0, 0.05) is 25.8 Å². The molecule has 0 aliphatic carbocycles. The summed E-state index contributed by atoms with van der Waals surface area (Å²) in [4.78, 5) is 10.4. The zero-order chi connectivity index (χ0) is 17.7. The largest absolute Gasteiger partial charge is 0.375 e. The van der Waals surface area contributed by atoms with E-state index >= 15 is 0 Å². The molecule has 0 aromatic heterocycles. The molecule has 8 heteroatoms. The van der Waals surface area contributed by atoms with Gasteiger partial charge in [-0.05, 0) is 36.8 Å². The van der Waals surface area contributed by atoms with Crippen molar-refractivity contribution in [3.05, 3.63) is 69.8 Å². The van der Waals surface area contributed by atoms with Crippen LogP contribution in [0.5, 0.6) is 0 Å². The first kappa shape index (κ1) is 18.1. The predicted molar refractivity (Wildman–Crippen MR) is 89.2 cm³/mol. The highest BCUT2D eigenvalue weighted by atomic mass is 32.2. The van der Waals surface area contributed by atoms with Crippen LogP contribution in [0.25, 0.3) is 0 Å². The van der Waals surface area contributed by atoms with Crippen LogP contribution in [0.15, 0.2) is 53.4 Å². The Bertz CT molecular complexity index is 801. The Hall–Kier alpha value is -2.29. The molecule has 0 aliphatic rings. The van der Waals surface area contributed by atoms with Gasteiger partial charge in [0.2, 0.25) is 10.0 Å². The van der Waals surface area contributed by atoms with Crippen molar-refractivity contribution in [3.63, 3.8) is 0 Å². The van der Waals surface area contributed by atoms with Gasteiger partial charge in [0.25, 0.3) is 5.69 Å². The molecule has 0 heterocycles. The van der Waals surface area contributed by atoms with Crippen LogP contribution >= 0.6 is 0 Å². The van der Waals surface area contributed by atoms with Crippen molar-refractivity contribution < 1.29 is 18.1 Å². The molecule has 7 nitrogen and oxygen atoms in total. The van der Waals surface area contributed by atoms with E-state index in [1.165, 1.54) is 31.4 Å². The van der Waals surface area contributed by atoms with Gasteiger partial charge in [-0.1, -0.05) is 17.7 Å². The van der Waals surface area contributed by atoms with Crippen molar-refractivity contribution in [2.75, 3.05) is 13.7 Å². The number of ether oxygens (including phenoxy) is 1. The molecule has 0 bridgehead atoms. The number of sulfonamides is 1. The summed E-state index contributed by atoms with van der Waals surface area (Å²) in [6, 6.07) is 12.3. The number of nitrogens with zero attached hydrogens (tertiary/aromatic N) is 1. The number of methoxy groups -OCH3 is 1.